The highest BCUT2D eigenvalue weighted by Crippen LogP contribution is 2.19. The van der Waals surface area contributed by atoms with Gasteiger partial charge in [-0.15, -0.1) is 0 Å². The zero-order valence-corrected chi connectivity index (χ0v) is 12.7. The van der Waals surface area contributed by atoms with E-state index in [1.54, 1.807) is 0 Å². The summed E-state index contributed by atoms with van der Waals surface area (Å²) < 4.78 is 0. The van der Waals surface area contributed by atoms with Crippen molar-refractivity contribution < 1.29 is 0 Å². The molecule has 5 nitrogen and oxygen atoms in total. The molecule has 0 unspecified atom stereocenters. The second kappa shape index (κ2) is 7.71. The molecule has 0 bridgehead atoms. The van der Waals surface area contributed by atoms with Gasteiger partial charge in [0.05, 0.1) is 5.69 Å². The minimum absolute atomic E-state index is 0.651. The normalized spacial score (nSPS) is 10.9. The smallest absolute Gasteiger partial charge is 0.144 e. The number of nitrogens with zero attached hydrogens (tertiary/aromatic N) is 3. The van der Waals surface area contributed by atoms with Crippen LogP contribution in [0.25, 0.3) is 11.3 Å². The number of likely N-dealkylation sites (N-methyl/N-ethyl adjacent to an activating group) is 1. The van der Waals surface area contributed by atoms with Gasteiger partial charge in [-0.1, -0.05) is 44.2 Å². The number of rotatable bonds is 7. The van der Waals surface area contributed by atoms with Crippen molar-refractivity contribution in [2.24, 2.45) is 5.84 Å². The van der Waals surface area contributed by atoms with Gasteiger partial charge in [0.1, 0.15) is 11.6 Å². The van der Waals surface area contributed by atoms with Crippen molar-refractivity contribution in [1.82, 2.24) is 14.9 Å². The molecule has 3 N–H and O–H groups in total. The van der Waals surface area contributed by atoms with Gasteiger partial charge in [-0.3, -0.25) is 0 Å². The van der Waals surface area contributed by atoms with Crippen molar-refractivity contribution in [2.45, 2.75) is 20.3 Å². The first-order valence-corrected chi connectivity index (χ1v) is 7.39. The van der Waals surface area contributed by atoms with Gasteiger partial charge in [-0.05, 0) is 13.1 Å². The molecule has 0 fully saturated rings. The second-order valence-electron chi connectivity index (χ2n) is 4.84. The van der Waals surface area contributed by atoms with Crippen LogP contribution in [0.4, 0.5) is 5.82 Å². The first kappa shape index (κ1) is 15.4. The van der Waals surface area contributed by atoms with Crippen LogP contribution in [0.2, 0.25) is 0 Å². The number of hydrogen-bond donors (Lipinski definition) is 2. The third-order valence-electron chi connectivity index (χ3n) is 3.54. The van der Waals surface area contributed by atoms with E-state index >= 15 is 0 Å². The Hall–Kier alpha value is -1.98. The molecule has 5 heteroatoms. The lowest BCUT2D eigenvalue weighted by Gasteiger charge is -2.17. The van der Waals surface area contributed by atoms with Gasteiger partial charge in [0.2, 0.25) is 0 Å². The van der Waals surface area contributed by atoms with E-state index in [1.165, 1.54) is 0 Å². The van der Waals surface area contributed by atoms with E-state index in [1.807, 2.05) is 36.4 Å². The zero-order chi connectivity index (χ0) is 15.1. The SMILES string of the molecule is CCN(CC)CCc1nc(NN)cc(-c2ccccc2)n1. The van der Waals surface area contributed by atoms with Gasteiger partial charge in [0, 0.05) is 24.6 Å². The molecule has 21 heavy (non-hydrogen) atoms. The van der Waals surface area contributed by atoms with Crippen LogP contribution in [0, 0.1) is 0 Å². The summed E-state index contributed by atoms with van der Waals surface area (Å²) in [5.74, 6) is 6.99. The van der Waals surface area contributed by atoms with Gasteiger partial charge in [0.25, 0.3) is 0 Å². The van der Waals surface area contributed by atoms with E-state index in [2.05, 4.69) is 34.1 Å². The van der Waals surface area contributed by atoms with Crippen molar-refractivity contribution >= 4 is 5.82 Å². The molecule has 1 heterocycles. The van der Waals surface area contributed by atoms with E-state index in [9.17, 15) is 0 Å². The maximum absolute atomic E-state index is 5.52. The van der Waals surface area contributed by atoms with Gasteiger partial charge < -0.3 is 10.3 Å². The molecule has 0 saturated carbocycles. The van der Waals surface area contributed by atoms with Crippen LogP contribution < -0.4 is 11.3 Å². The molecule has 1 aromatic carbocycles. The second-order valence-corrected chi connectivity index (χ2v) is 4.84. The number of hydrogen-bond acceptors (Lipinski definition) is 5. The van der Waals surface area contributed by atoms with Crippen LogP contribution in [-0.2, 0) is 6.42 Å². The lowest BCUT2D eigenvalue weighted by Crippen LogP contribution is -2.26. The lowest BCUT2D eigenvalue weighted by atomic mass is 10.1. The van der Waals surface area contributed by atoms with E-state index in [-0.39, 0.29) is 0 Å². The number of nitrogens with one attached hydrogen (secondary N) is 1. The molecular formula is C16H23N5. The van der Waals surface area contributed by atoms with Crippen LogP contribution in [0.3, 0.4) is 0 Å². The summed E-state index contributed by atoms with van der Waals surface area (Å²) in [5, 5.41) is 0. The molecule has 2 rings (SSSR count). The molecule has 0 atom stereocenters. The van der Waals surface area contributed by atoms with E-state index in [0.29, 0.717) is 5.82 Å². The summed E-state index contributed by atoms with van der Waals surface area (Å²) in [6.07, 6.45) is 0.817. The molecule has 2 aromatic rings. The summed E-state index contributed by atoms with van der Waals surface area (Å²) in [4.78, 5) is 11.5. The summed E-state index contributed by atoms with van der Waals surface area (Å²) in [5.41, 5.74) is 4.59. The Morgan fingerprint density at radius 3 is 2.43 bits per heavy atom. The fourth-order valence-corrected chi connectivity index (χ4v) is 2.24. The molecular weight excluding hydrogens is 262 g/mol. The highest BCUT2D eigenvalue weighted by Gasteiger charge is 2.07. The Morgan fingerprint density at radius 2 is 1.81 bits per heavy atom. The van der Waals surface area contributed by atoms with Crippen LogP contribution >= 0.6 is 0 Å². The Labute approximate surface area is 126 Å². The summed E-state index contributed by atoms with van der Waals surface area (Å²) in [7, 11) is 0. The highest BCUT2D eigenvalue weighted by molar-refractivity contribution is 5.62. The number of aromatic nitrogens is 2. The predicted molar refractivity (Wildman–Crippen MR) is 86.8 cm³/mol. The van der Waals surface area contributed by atoms with Crippen molar-refractivity contribution in [3.05, 3.63) is 42.2 Å². The van der Waals surface area contributed by atoms with Crippen LogP contribution in [0.5, 0.6) is 0 Å². The van der Waals surface area contributed by atoms with E-state index in [0.717, 1.165) is 43.1 Å². The molecule has 0 spiro atoms. The Balaban J connectivity index is 2.22. The Morgan fingerprint density at radius 1 is 1.10 bits per heavy atom. The lowest BCUT2D eigenvalue weighted by molar-refractivity contribution is 0.306. The highest BCUT2D eigenvalue weighted by atomic mass is 15.3. The van der Waals surface area contributed by atoms with E-state index in [4.69, 9.17) is 5.84 Å². The van der Waals surface area contributed by atoms with Gasteiger partial charge in [0.15, 0.2) is 0 Å². The minimum atomic E-state index is 0.651. The molecule has 112 valence electrons. The van der Waals surface area contributed by atoms with Crippen molar-refractivity contribution in [1.29, 1.82) is 0 Å². The maximum Gasteiger partial charge on any atom is 0.144 e. The summed E-state index contributed by atoms with van der Waals surface area (Å²) in [6.45, 7) is 7.36. The van der Waals surface area contributed by atoms with Crippen molar-refractivity contribution in [3.8, 4) is 11.3 Å². The van der Waals surface area contributed by atoms with Crippen LogP contribution in [0.1, 0.15) is 19.7 Å². The molecule has 0 saturated heterocycles. The number of hydrazine groups is 1. The summed E-state index contributed by atoms with van der Waals surface area (Å²) >= 11 is 0. The number of benzene rings is 1. The van der Waals surface area contributed by atoms with Crippen LogP contribution in [-0.4, -0.2) is 34.5 Å². The third-order valence-corrected chi connectivity index (χ3v) is 3.54. The number of anilines is 1. The topological polar surface area (TPSA) is 67.1 Å². The maximum atomic E-state index is 5.52. The molecule has 0 aliphatic heterocycles. The number of nitrogen functional groups attached to an aromatic ring is 1. The molecule has 0 aliphatic carbocycles. The van der Waals surface area contributed by atoms with Gasteiger partial charge in [-0.2, -0.15) is 0 Å². The molecule has 0 aliphatic rings. The Bertz CT molecular complexity index is 552. The fourth-order valence-electron chi connectivity index (χ4n) is 2.24. The van der Waals surface area contributed by atoms with Crippen molar-refractivity contribution in [3.63, 3.8) is 0 Å². The predicted octanol–water partition coefficient (Wildman–Crippen LogP) is 2.31. The van der Waals surface area contributed by atoms with Gasteiger partial charge in [-0.25, -0.2) is 15.8 Å². The average molecular weight is 285 g/mol. The Kier molecular flexibility index (Phi) is 5.66. The molecule has 0 amide bonds. The first-order valence-electron chi connectivity index (χ1n) is 7.39. The van der Waals surface area contributed by atoms with Gasteiger partial charge >= 0.3 is 0 Å². The largest absolute Gasteiger partial charge is 0.308 e. The fraction of sp³-hybridized carbons (Fsp3) is 0.375. The monoisotopic (exact) mass is 285 g/mol. The zero-order valence-electron chi connectivity index (χ0n) is 12.7. The standard InChI is InChI=1S/C16H23N5/c1-3-21(4-2)11-10-15-18-14(12-16(19-15)20-17)13-8-6-5-7-9-13/h5-9,12H,3-4,10-11,17H2,1-2H3,(H,18,19,20). The number of nitrogens with two attached hydrogens (primary N) is 1. The quantitative estimate of drug-likeness (QED) is 0.603. The minimum Gasteiger partial charge on any atom is -0.308 e. The average Bonchev–Trinajstić information content (AvgIpc) is 2.56. The van der Waals surface area contributed by atoms with Crippen molar-refractivity contribution in [2.75, 3.05) is 25.1 Å². The third kappa shape index (κ3) is 4.24. The summed E-state index contributed by atoms with van der Waals surface area (Å²) in [6, 6.07) is 11.9. The first-order chi connectivity index (χ1) is 10.3. The van der Waals surface area contributed by atoms with Crippen LogP contribution in [0.15, 0.2) is 36.4 Å². The molecule has 1 aromatic heterocycles. The van der Waals surface area contributed by atoms with E-state index < -0.39 is 0 Å². The molecule has 0 radical (unpaired) electrons.